The van der Waals surface area contributed by atoms with Gasteiger partial charge < -0.3 is 0 Å². The van der Waals surface area contributed by atoms with E-state index in [4.69, 9.17) is 23.2 Å². The summed E-state index contributed by atoms with van der Waals surface area (Å²) < 4.78 is 38.6. The van der Waals surface area contributed by atoms with Crippen LogP contribution in [-0.4, -0.2) is 16.6 Å². The minimum Gasteiger partial charge on any atom is -0.263 e. The van der Waals surface area contributed by atoms with Gasteiger partial charge >= 0.3 is 11.7 Å². The highest BCUT2D eigenvalue weighted by molar-refractivity contribution is 6.41. The van der Waals surface area contributed by atoms with Crippen LogP contribution in [0.5, 0.6) is 0 Å². The first-order chi connectivity index (χ1) is 7.15. The van der Waals surface area contributed by atoms with Gasteiger partial charge in [0.1, 0.15) is 5.03 Å². The number of hydrogen-bond acceptors (Lipinski definition) is 2. The van der Waals surface area contributed by atoms with Crippen LogP contribution in [0.3, 0.4) is 0 Å². The highest BCUT2D eigenvalue weighted by atomic mass is 35.5. The second-order valence-corrected chi connectivity index (χ2v) is 4.12. The summed E-state index contributed by atoms with van der Waals surface area (Å²) in [5.41, 5.74) is -3.35. The summed E-state index contributed by atoms with van der Waals surface area (Å²) in [6.07, 6.45) is -2.97. The van der Waals surface area contributed by atoms with E-state index < -0.39 is 32.6 Å². The third kappa shape index (κ3) is 1.60. The summed E-state index contributed by atoms with van der Waals surface area (Å²) in [4.78, 5) is 9.33. The Kier molecular flexibility index (Phi) is 3.27. The Hall–Kier alpha value is -0.750. The summed E-state index contributed by atoms with van der Waals surface area (Å²) in [5.74, 6) is -1.42. The Labute approximate surface area is 98.7 Å². The zero-order valence-corrected chi connectivity index (χ0v) is 9.40. The molecule has 16 heavy (non-hydrogen) atoms. The first-order valence-electron chi connectivity index (χ1n) is 4.11. The van der Waals surface area contributed by atoms with E-state index in [9.17, 15) is 23.3 Å². The lowest BCUT2D eigenvalue weighted by Crippen LogP contribution is -2.57. The molecular formula is C8H6Cl2F3NO2. The number of halogens is 5. The highest BCUT2D eigenvalue weighted by Gasteiger charge is 2.72. The maximum absolute atomic E-state index is 12.9. The zero-order valence-electron chi connectivity index (χ0n) is 7.89. The van der Waals surface area contributed by atoms with Gasteiger partial charge in [-0.2, -0.15) is 13.2 Å². The predicted octanol–water partition coefficient (Wildman–Crippen LogP) is 3.46. The van der Waals surface area contributed by atoms with Crippen LogP contribution in [0.2, 0.25) is 0 Å². The number of hydrogen-bond donors (Lipinski definition) is 0. The second kappa shape index (κ2) is 3.92. The van der Waals surface area contributed by atoms with Crippen molar-refractivity contribution in [1.29, 1.82) is 0 Å². The summed E-state index contributed by atoms with van der Waals surface area (Å²) in [5, 5.41) is 9.30. The molecule has 1 aliphatic rings. The minimum absolute atomic E-state index is 0.464. The van der Waals surface area contributed by atoms with Gasteiger partial charge in [0.15, 0.2) is 0 Å². The molecule has 2 atom stereocenters. The molecule has 90 valence electrons. The molecule has 8 heteroatoms. The van der Waals surface area contributed by atoms with Gasteiger partial charge in [0.2, 0.25) is 0 Å². The summed E-state index contributed by atoms with van der Waals surface area (Å²) >= 11 is 10.8. The quantitative estimate of drug-likeness (QED) is 0.543. The molecule has 0 saturated heterocycles. The van der Waals surface area contributed by atoms with E-state index >= 15 is 0 Å². The molecular weight excluding hydrogens is 270 g/mol. The highest BCUT2D eigenvalue weighted by Crippen LogP contribution is 2.50. The van der Waals surface area contributed by atoms with Crippen molar-refractivity contribution < 1.29 is 18.1 Å². The lowest BCUT2D eigenvalue weighted by molar-refractivity contribution is -0.606. The Bertz CT molecular complexity index is 391. The van der Waals surface area contributed by atoms with E-state index in [2.05, 4.69) is 0 Å². The van der Waals surface area contributed by atoms with Gasteiger partial charge in [0.25, 0.3) is 0 Å². The van der Waals surface area contributed by atoms with Crippen molar-refractivity contribution in [1.82, 2.24) is 0 Å². The van der Waals surface area contributed by atoms with Crippen LogP contribution in [0.25, 0.3) is 0 Å². The second-order valence-electron chi connectivity index (χ2n) is 3.33. The number of nitrogens with zero attached hydrogens (tertiary/aromatic N) is 1. The van der Waals surface area contributed by atoms with Gasteiger partial charge in [-0.05, 0) is 6.08 Å². The van der Waals surface area contributed by atoms with Crippen molar-refractivity contribution in [2.45, 2.75) is 18.6 Å². The fourth-order valence-corrected chi connectivity index (χ4v) is 2.18. The molecule has 0 aromatic heterocycles. The third-order valence-corrected chi connectivity index (χ3v) is 3.36. The van der Waals surface area contributed by atoms with Crippen LogP contribution in [0.1, 0.15) is 6.92 Å². The normalized spacial score (nSPS) is 30.8. The lowest BCUT2D eigenvalue weighted by atomic mass is 9.81. The first kappa shape index (κ1) is 13.3. The molecule has 0 fully saturated rings. The van der Waals surface area contributed by atoms with Crippen molar-refractivity contribution >= 4 is 23.2 Å². The predicted molar refractivity (Wildman–Crippen MR) is 52.8 cm³/mol. The van der Waals surface area contributed by atoms with E-state index in [1.807, 2.05) is 0 Å². The average molecular weight is 276 g/mol. The van der Waals surface area contributed by atoms with Crippen molar-refractivity contribution in [3.8, 4) is 0 Å². The van der Waals surface area contributed by atoms with Crippen LogP contribution in [0.4, 0.5) is 13.2 Å². The molecule has 0 amide bonds. The van der Waals surface area contributed by atoms with Crippen LogP contribution in [0.15, 0.2) is 22.2 Å². The molecule has 0 radical (unpaired) electrons. The molecule has 0 heterocycles. The molecule has 1 rings (SSSR count). The van der Waals surface area contributed by atoms with Crippen LogP contribution in [-0.2, 0) is 0 Å². The SMILES string of the molecule is CC1C=CC(Cl)=C(Cl)C1([N+](=O)[O-])C(F)(F)F. The monoisotopic (exact) mass is 275 g/mol. The first-order valence-corrected chi connectivity index (χ1v) is 4.86. The molecule has 1 aliphatic carbocycles. The summed E-state index contributed by atoms with van der Waals surface area (Å²) in [7, 11) is 0. The van der Waals surface area contributed by atoms with E-state index in [0.717, 1.165) is 19.1 Å². The maximum Gasteiger partial charge on any atom is 0.467 e. The molecule has 0 aromatic rings. The lowest BCUT2D eigenvalue weighted by Gasteiger charge is -2.32. The van der Waals surface area contributed by atoms with E-state index in [1.165, 1.54) is 0 Å². The smallest absolute Gasteiger partial charge is 0.263 e. The van der Waals surface area contributed by atoms with Crippen molar-refractivity contribution in [3.63, 3.8) is 0 Å². The third-order valence-electron chi connectivity index (χ3n) is 2.45. The number of allylic oxidation sites excluding steroid dienone is 2. The Morgan fingerprint density at radius 3 is 2.31 bits per heavy atom. The number of alkyl halides is 3. The van der Waals surface area contributed by atoms with Gasteiger partial charge in [-0.1, -0.05) is 36.2 Å². The fraction of sp³-hybridized carbons (Fsp3) is 0.500. The average Bonchev–Trinajstić information content (AvgIpc) is 2.10. The Morgan fingerprint density at radius 1 is 1.50 bits per heavy atom. The Morgan fingerprint density at radius 2 is 2.00 bits per heavy atom. The van der Waals surface area contributed by atoms with Crippen LogP contribution < -0.4 is 0 Å². The van der Waals surface area contributed by atoms with Crippen LogP contribution >= 0.6 is 23.2 Å². The molecule has 0 spiro atoms. The van der Waals surface area contributed by atoms with E-state index in [0.29, 0.717) is 0 Å². The standard InChI is InChI=1S/C8H6Cl2F3NO2/c1-4-2-3-5(9)6(10)7(4,14(15)16)8(11,12)13/h2-4H,1H3. The zero-order chi connectivity index (χ0) is 12.7. The summed E-state index contributed by atoms with van der Waals surface area (Å²) in [6, 6.07) is 0. The van der Waals surface area contributed by atoms with E-state index in [-0.39, 0.29) is 0 Å². The Balaban J connectivity index is 3.53. The molecule has 0 bridgehead atoms. The van der Waals surface area contributed by atoms with Gasteiger partial charge in [0.05, 0.1) is 11.0 Å². The molecule has 0 aromatic carbocycles. The van der Waals surface area contributed by atoms with Crippen LogP contribution in [0, 0.1) is 16.0 Å². The van der Waals surface area contributed by atoms with Crippen molar-refractivity contribution in [2.75, 3.05) is 0 Å². The minimum atomic E-state index is -5.11. The van der Waals surface area contributed by atoms with Crippen molar-refractivity contribution in [3.05, 3.63) is 32.3 Å². The maximum atomic E-state index is 12.9. The molecule has 0 N–H and O–H groups in total. The van der Waals surface area contributed by atoms with E-state index in [1.54, 1.807) is 0 Å². The topological polar surface area (TPSA) is 43.1 Å². The van der Waals surface area contributed by atoms with Gasteiger partial charge in [-0.3, -0.25) is 10.1 Å². The van der Waals surface area contributed by atoms with Crippen molar-refractivity contribution in [2.24, 2.45) is 5.92 Å². The molecule has 2 unspecified atom stereocenters. The number of nitro groups is 1. The van der Waals surface area contributed by atoms with Gasteiger partial charge in [-0.15, -0.1) is 0 Å². The number of rotatable bonds is 1. The molecule has 0 aliphatic heterocycles. The van der Waals surface area contributed by atoms with Gasteiger partial charge in [-0.25, -0.2) is 0 Å². The molecule has 0 saturated carbocycles. The van der Waals surface area contributed by atoms with Gasteiger partial charge in [0, 0.05) is 4.92 Å². The summed E-state index contributed by atoms with van der Waals surface area (Å²) in [6.45, 7) is 1.07. The fourth-order valence-electron chi connectivity index (χ4n) is 1.56. The largest absolute Gasteiger partial charge is 0.467 e. The molecule has 3 nitrogen and oxygen atoms in total.